The lowest BCUT2D eigenvalue weighted by Crippen LogP contribution is -2.25. The van der Waals surface area contributed by atoms with Gasteiger partial charge >= 0.3 is 5.97 Å². The standard InChI is InChI=1S/C25H23N3O5S/c1-4-33-25(31)22-19-14-34-23(26-20(29)13-16-8-10-18(32-3)11-9-16)21(19)24(30)28(27-22)17-7-5-6-15(2)12-17/h5-12,14H,4,13H2,1-3H3,(H,26,29). The lowest BCUT2D eigenvalue weighted by molar-refractivity contribution is -0.115. The first kappa shape index (κ1) is 23.2. The number of rotatable bonds is 7. The molecule has 2 aromatic heterocycles. The zero-order valence-electron chi connectivity index (χ0n) is 19.0. The van der Waals surface area contributed by atoms with Crippen molar-refractivity contribution in [3.63, 3.8) is 0 Å². The minimum atomic E-state index is -0.636. The number of ether oxygens (including phenoxy) is 2. The lowest BCUT2D eigenvalue weighted by atomic mass is 10.1. The second-order valence-electron chi connectivity index (χ2n) is 7.55. The third kappa shape index (κ3) is 4.69. The van der Waals surface area contributed by atoms with Crippen LogP contribution in [0.25, 0.3) is 16.5 Å². The van der Waals surface area contributed by atoms with Crippen molar-refractivity contribution >= 4 is 39.0 Å². The Labute approximate surface area is 199 Å². The smallest absolute Gasteiger partial charge is 0.359 e. The Balaban J connectivity index is 1.76. The first-order valence-electron chi connectivity index (χ1n) is 10.6. The van der Waals surface area contributed by atoms with Crippen molar-refractivity contribution in [1.29, 1.82) is 0 Å². The molecule has 0 atom stereocenters. The molecule has 0 fully saturated rings. The molecule has 0 aliphatic carbocycles. The van der Waals surface area contributed by atoms with Crippen LogP contribution in [0.5, 0.6) is 5.75 Å². The van der Waals surface area contributed by atoms with Gasteiger partial charge < -0.3 is 14.8 Å². The van der Waals surface area contributed by atoms with E-state index in [1.807, 2.05) is 13.0 Å². The number of carbonyl (C=O) groups excluding carboxylic acids is 2. The van der Waals surface area contributed by atoms with Crippen molar-refractivity contribution in [3.05, 3.63) is 81.1 Å². The number of fused-ring (bicyclic) bond motifs is 1. The van der Waals surface area contributed by atoms with Crippen molar-refractivity contribution in [2.24, 2.45) is 0 Å². The number of anilines is 1. The third-order valence-corrected chi connectivity index (χ3v) is 6.04. The first-order valence-corrected chi connectivity index (χ1v) is 11.5. The number of methoxy groups -OCH3 is 1. The van der Waals surface area contributed by atoms with E-state index in [-0.39, 0.29) is 30.0 Å². The maximum atomic E-state index is 13.5. The minimum Gasteiger partial charge on any atom is -0.497 e. The Morgan fingerprint density at radius 3 is 2.59 bits per heavy atom. The second kappa shape index (κ2) is 9.88. The van der Waals surface area contributed by atoms with E-state index in [9.17, 15) is 14.4 Å². The summed E-state index contributed by atoms with van der Waals surface area (Å²) in [5, 5.41) is 9.70. The van der Waals surface area contributed by atoms with Crippen LogP contribution in [0.15, 0.2) is 58.7 Å². The molecule has 9 heteroatoms. The summed E-state index contributed by atoms with van der Waals surface area (Å²) in [7, 11) is 1.58. The van der Waals surface area contributed by atoms with Crippen LogP contribution in [-0.2, 0) is 16.0 Å². The fourth-order valence-electron chi connectivity index (χ4n) is 3.53. The van der Waals surface area contributed by atoms with Crippen molar-refractivity contribution < 1.29 is 19.1 Å². The fraction of sp³-hybridized carbons (Fsp3) is 0.200. The molecule has 0 saturated carbocycles. The van der Waals surface area contributed by atoms with Gasteiger partial charge in [0.1, 0.15) is 10.8 Å². The number of hydrogen-bond donors (Lipinski definition) is 1. The van der Waals surface area contributed by atoms with Gasteiger partial charge in [0.2, 0.25) is 5.91 Å². The van der Waals surface area contributed by atoms with Gasteiger partial charge in [-0.15, -0.1) is 11.3 Å². The molecular weight excluding hydrogens is 454 g/mol. The van der Waals surface area contributed by atoms with Crippen molar-refractivity contribution in [3.8, 4) is 11.4 Å². The molecule has 0 saturated heterocycles. The van der Waals surface area contributed by atoms with E-state index in [1.54, 1.807) is 61.9 Å². The number of nitrogens with one attached hydrogen (secondary N) is 1. The molecule has 34 heavy (non-hydrogen) atoms. The zero-order chi connectivity index (χ0) is 24.2. The zero-order valence-corrected chi connectivity index (χ0v) is 19.8. The largest absolute Gasteiger partial charge is 0.497 e. The summed E-state index contributed by atoms with van der Waals surface area (Å²) in [5.41, 5.74) is 1.83. The number of nitrogens with zero attached hydrogens (tertiary/aromatic N) is 2. The highest BCUT2D eigenvalue weighted by Gasteiger charge is 2.23. The lowest BCUT2D eigenvalue weighted by Gasteiger charge is -2.10. The number of benzene rings is 2. The van der Waals surface area contributed by atoms with Crippen LogP contribution in [0.2, 0.25) is 0 Å². The SMILES string of the molecule is CCOC(=O)c1nn(-c2cccc(C)c2)c(=O)c2c(NC(=O)Cc3ccc(OC)cc3)scc12. The van der Waals surface area contributed by atoms with Crippen LogP contribution in [0.4, 0.5) is 5.00 Å². The van der Waals surface area contributed by atoms with Crippen LogP contribution in [0.1, 0.15) is 28.5 Å². The van der Waals surface area contributed by atoms with Crippen LogP contribution in [0, 0.1) is 6.92 Å². The molecule has 4 rings (SSSR count). The van der Waals surface area contributed by atoms with Crippen molar-refractivity contribution in [1.82, 2.24) is 9.78 Å². The molecule has 174 valence electrons. The van der Waals surface area contributed by atoms with Gasteiger partial charge in [-0.05, 0) is 49.2 Å². The second-order valence-corrected chi connectivity index (χ2v) is 8.43. The Morgan fingerprint density at radius 1 is 1.15 bits per heavy atom. The van der Waals surface area contributed by atoms with E-state index in [1.165, 1.54) is 16.0 Å². The van der Waals surface area contributed by atoms with Gasteiger partial charge in [-0.3, -0.25) is 9.59 Å². The minimum absolute atomic E-state index is 0.0184. The van der Waals surface area contributed by atoms with Gasteiger partial charge in [0, 0.05) is 10.8 Å². The molecule has 0 aliphatic rings. The number of aryl methyl sites for hydroxylation is 1. The molecular formula is C25H23N3O5S. The summed E-state index contributed by atoms with van der Waals surface area (Å²) in [4.78, 5) is 38.9. The number of thiophene rings is 1. The Kier molecular flexibility index (Phi) is 6.74. The Bertz CT molecular complexity index is 1420. The van der Waals surface area contributed by atoms with Crippen LogP contribution < -0.4 is 15.6 Å². The van der Waals surface area contributed by atoms with Gasteiger partial charge in [-0.2, -0.15) is 9.78 Å². The Morgan fingerprint density at radius 2 is 1.91 bits per heavy atom. The number of amides is 1. The molecule has 0 spiro atoms. The average molecular weight is 478 g/mol. The average Bonchev–Trinajstić information content (AvgIpc) is 3.24. The molecule has 4 aromatic rings. The molecule has 1 amide bonds. The molecule has 2 heterocycles. The number of esters is 1. The fourth-order valence-corrected chi connectivity index (χ4v) is 4.48. The maximum Gasteiger partial charge on any atom is 0.359 e. The van der Waals surface area contributed by atoms with Crippen LogP contribution in [-0.4, -0.2) is 35.4 Å². The maximum absolute atomic E-state index is 13.5. The van der Waals surface area contributed by atoms with Gasteiger partial charge in [0.25, 0.3) is 5.56 Å². The van der Waals surface area contributed by atoms with E-state index in [0.29, 0.717) is 21.8 Å². The quantitative estimate of drug-likeness (QED) is 0.402. The summed E-state index contributed by atoms with van der Waals surface area (Å²) in [5.74, 6) is -0.225. The molecule has 0 aliphatic heterocycles. The third-order valence-electron chi connectivity index (χ3n) is 5.14. The van der Waals surface area contributed by atoms with Crippen LogP contribution in [0.3, 0.4) is 0 Å². The molecule has 0 unspecified atom stereocenters. The predicted octanol–water partition coefficient (Wildman–Crippen LogP) is 4.12. The van der Waals surface area contributed by atoms with E-state index in [0.717, 1.165) is 11.1 Å². The van der Waals surface area contributed by atoms with Gasteiger partial charge in [0.15, 0.2) is 5.69 Å². The predicted molar refractivity (Wildman–Crippen MR) is 131 cm³/mol. The van der Waals surface area contributed by atoms with E-state index in [2.05, 4.69) is 10.4 Å². The Hall–Kier alpha value is -3.98. The van der Waals surface area contributed by atoms with Crippen LogP contribution >= 0.6 is 11.3 Å². The van der Waals surface area contributed by atoms with Gasteiger partial charge in [-0.1, -0.05) is 24.3 Å². The van der Waals surface area contributed by atoms with Gasteiger partial charge in [0.05, 0.1) is 31.2 Å². The first-order chi connectivity index (χ1) is 16.4. The van der Waals surface area contributed by atoms with Crippen molar-refractivity contribution in [2.45, 2.75) is 20.3 Å². The highest BCUT2D eigenvalue weighted by molar-refractivity contribution is 7.16. The topological polar surface area (TPSA) is 99.5 Å². The van der Waals surface area contributed by atoms with Gasteiger partial charge in [-0.25, -0.2) is 4.79 Å². The summed E-state index contributed by atoms with van der Waals surface area (Å²) in [6.45, 7) is 3.76. The summed E-state index contributed by atoms with van der Waals surface area (Å²) in [6.07, 6.45) is 0.116. The summed E-state index contributed by atoms with van der Waals surface area (Å²) in [6, 6.07) is 14.4. The molecule has 2 aromatic carbocycles. The van der Waals surface area contributed by atoms with E-state index < -0.39 is 11.5 Å². The van der Waals surface area contributed by atoms with E-state index >= 15 is 0 Å². The number of aromatic nitrogens is 2. The summed E-state index contributed by atoms with van der Waals surface area (Å²) < 4.78 is 11.5. The molecule has 0 bridgehead atoms. The molecule has 1 N–H and O–H groups in total. The number of hydrogen-bond acceptors (Lipinski definition) is 7. The van der Waals surface area contributed by atoms with Crippen molar-refractivity contribution in [2.75, 3.05) is 19.0 Å². The molecule has 8 nitrogen and oxygen atoms in total. The molecule has 0 radical (unpaired) electrons. The normalized spacial score (nSPS) is 10.8. The highest BCUT2D eigenvalue weighted by Crippen LogP contribution is 2.31. The highest BCUT2D eigenvalue weighted by atomic mass is 32.1. The number of carbonyl (C=O) groups is 2. The summed E-state index contributed by atoms with van der Waals surface area (Å²) >= 11 is 1.17. The van der Waals surface area contributed by atoms with E-state index in [4.69, 9.17) is 9.47 Å². The monoisotopic (exact) mass is 477 g/mol.